The summed E-state index contributed by atoms with van der Waals surface area (Å²) in [4.78, 5) is 0. The molecular weight excluding hydrogens is 392 g/mol. The van der Waals surface area contributed by atoms with Crippen molar-refractivity contribution in [2.24, 2.45) is 50.2 Å². The molecule has 0 spiro atoms. The lowest BCUT2D eigenvalue weighted by atomic mass is 9.33. The standard InChI is InChI=1S/C30H50O2/c1-25(2)14-16-30(19-31)17-15-28(6)20(21(30)18-25)8-9-23-27(5)12-11-24(32)26(3,4)22(27)10-13-29(23,28)7/h8,21-24,31-32H,9-19H2,1-7H3/t21-,22-,23+,24+,27-,28+,29+,30+/m0/s1. The predicted molar refractivity (Wildman–Crippen MR) is 132 cm³/mol. The van der Waals surface area contributed by atoms with E-state index in [0.717, 1.165) is 6.42 Å². The molecule has 0 amide bonds. The van der Waals surface area contributed by atoms with Gasteiger partial charge in [-0.3, -0.25) is 0 Å². The van der Waals surface area contributed by atoms with Crippen molar-refractivity contribution in [3.8, 4) is 0 Å². The van der Waals surface area contributed by atoms with Gasteiger partial charge in [-0.2, -0.15) is 0 Å². The van der Waals surface area contributed by atoms with Gasteiger partial charge in [0, 0.05) is 12.0 Å². The summed E-state index contributed by atoms with van der Waals surface area (Å²) in [6, 6.07) is 0. The lowest BCUT2D eigenvalue weighted by Gasteiger charge is -2.71. The van der Waals surface area contributed by atoms with Crippen molar-refractivity contribution in [2.45, 2.75) is 119 Å². The average molecular weight is 443 g/mol. The molecule has 2 heteroatoms. The molecule has 2 N–H and O–H groups in total. The third-order valence-electron chi connectivity index (χ3n) is 13.1. The second-order valence-electron chi connectivity index (χ2n) is 15.1. The first-order valence-electron chi connectivity index (χ1n) is 13.8. The van der Waals surface area contributed by atoms with Crippen LogP contribution in [-0.2, 0) is 0 Å². The molecule has 0 aliphatic heterocycles. The van der Waals surface area contributed by atoms with E-state index < -0.39 is 0 Å². The van der Waals surface area contributed by atoms with E-state index in [0.29, 0.717) is 40.6 Å². The first kappa shape index (κ1) is 23.4. The van der Waals surface area contributed by atoms with Crippen molar-refractivity contribution in [3.63, 3.8) is 0 Å². The average Bonchev–Trinajstić information content (AvgIpc) is 2.71. The molecule has 0 unspecified atom stereocenters. The summed E-state index contributed by atoms with van der Waals surface area (Å²) < 4.78 is 0. The number of allylic oxidation sites excluding steroid dienone is 2. The molecule has 0 aromatic heterocycles. The Bertz CT molecular complexity index is 810. The summed E-state index contributed by atoms with van der Waals surface area (Å²) in [5.41, 5.74) is 3.16. The van der Waals surface area contributed by atoms with Crippen LogP contribution in [0.4, 0.5) is 0 Å². The van der Waals surface area contributed by atoms with E-state index in [4.69, 9.17) is 0 Å². The molecule has 5 rings (SSSR count). The van der Waals surface area contributed by atoms with Gasteiger partial charge >= 0.3 is 0 Å². The fourth-order valence-electron chi connectivity index (χ4n) is 10.6. The molecule has 8 atom stereocenters. The Labute approximate surface area is 197 Å². The van der Waals surface area contributed by atoms with Crippen molar-refractivity contribution >= 4 is 0 Å². The highest BCUT2D eigenvalue weighted by molar-refractivity contribution is 5.33. The van der Waals surface area contributed by atoms with Gasteiger partial charge in [0.2, 0.25) is 0 Å². The SMILES string of the molecule is CC1(C)CC[C@]2(CO)CC[C@]3(C)C(=CC[C@@H]4[C@@]5(C)CC[C@@H](O)C(C)(C)[C@@H]5CC[C@]43C)[C@@H]2C1. The van der Waals surface area contributed by atoms with Crippen LogP contribution in [0.1, 0.15) is 113 Å². The lowest BCUT2D eigenvalue weighted by molar-refractivity contribution is -0.204. The number of fused-ring (bicyclic) bond motifs is 7. The Morgan fingerprint density at radius 2 is 1.53 bits per heavy atom. The molecular formula is C30H50O2. The Balaban J connectivity index is 1.58. The molecule has 5 aliphatic carbocycles. The van der Waals surface area contributed by atoms with Gasteiger partial charge in [0.1, 0.15) is 0 Å². The molecule has 0 aromatic rings. The zero-order valence-electron chi connectivity index (χ0n) is 22.1. The second kappa shape index (κ2) is 6.87. The Morgan fingerprint density at radius 1 is 0.844 bits per heavy atom. The summed E-state index contributed by atoms with van der Waals surface area (Å²) >= 11 is 0. The Kier molecular flexibility index (Phi) is 5.02. The van der Waals surface area contributed by atoms with Crippen LogP contribution in [0.15, 0.2) is 11.6 Å². The molecule has 182 valence electrons. The van der Waals surface area contributed by atoms with E-state index in [2.05, 4.69) is 54.5 Å². The van der Waals surface area contributed by atoms with Crippen LogP contribution in [-0.4, -0.2) is 22.9 Å². The van der Waals surface area contributed by atoms with Gasteiger partial charge in [-0.1, -0.05) is 60.1 Å². The van der Waals surface area contributed by atoms with Crippen LogP contribution in [0, 0.1) is 50.2 Å². The fourth-order valence-corrected chi connectivity index (χ4v) is 10.6. The van der Waals surface area contributed by atoms with E-state index in [1.54, 1.807) is 5.57 Å². The molecule has 5 aliphatic rings. The van der Waals surface area contributed by atoms with Crippen LogP contribution in [0.25, 0.3) is 0 Å². The molecule has 4 saturated carbocycles. The minimum atomic E-state index is -0.153. The first-order chi connectivity index (χ1) is 14.8. The zero-order valence-corrected chi connectivity index (χ0v) is 22.1. The van der Waals surface area contributed by atoms with E-state index in [1.165, 1.54) is 57.8 Å². The van der Waals surface area contributed by atoms with Crippen molar-refractivity contribution in [1.82, 2.24) is 0 Å². The second-order valence-corrected chi connectivity index (χ2v) is 15.1. The molecule has 4 fully saturated rings. The van der Waals surface area contributed by atoms with Gasteiger partial charge in [-0.05, 0) is 109 Å². The largest absolute Gasteiger partial charge is 0.396 e. The molecule has 0 heterocycles. The minimum absolute atomic E-state index is 0.0191. The maximum Gasteiger partial charge on any atom is 0.0594 e. The summed E-state index contributed by atoms with van der Waals surface area (Å²) in [6.07, 6.45) is 14.6. The number of rotatable bonds is 1. The Morgan fingerprint density at radius 3 is 2.22 bits per heavy atom. The molecule has 32 heavy (non-hydrogen) atoms. The number of hydrogen-bond acceptors (Lipinski definition) is 2. The Hall–Kier alpha value is -0.340. The van der Waals surface area contributed by atoms with E-state index in [9.17, 15) is 10.2 Å². The van der Waals surface area contributed by atoms with Crippen molar-refractivity contribution < 1.29 is 10.2 Å². The van der Waals surface area contributed by atoms with Crippen molar-refractivity contribution in [1.29, 1.82) is 0 Å². The topological polar surface area (TPSA) is 40.5 Å². The summed E-state index contributed by atoms with van der Waals surface area (Å²) in [5, 5.41) is 21.5. The monoisotopic (exact) mass is 442 g/mol. The van der Waals surface area contributed by atoms with Gasteiger partial charge in [-0.25, -0.2) is 0 Å². The third-order valence-corrected chi connectivity index (χ3v) is 13.1. The van der Waals surface area contributed by atoms with Crippen molar-refractivity contribution in [2.75, 3.05) is 6.61 Å². The van der Waals surface area contributed by atoms with Gasteiger partial charge in [0.15, 0.2) is 0 Å². The van der Waals surface area contributed by atoms with E-state index in [1.807, 2.05) is 0 Å². The maximum absolute atomic E-state index is 10.9. The highest BCUT2D eigenvalue weighted by Gasteiger charge is 2.68. The molecule has 0 bridgehead atoms. The number of hydrogen-bond donors (Lipinski definition) is 2. The van der Waals surface area contributed by atoms with Crippen LogP contribution in [0.2, 0.25) is 0 Å². The van der Waals surface area contributed by atoms with E-state index >= 15 is 0 Å². The fraction of sp³-hybridized carbons (Fsp3) is 0.933. The van der Waals surface area contributed by atoms with Crippen LogP contribution in [0.5, 0.6) is 0 Å². The van der Waals surface area contributed by atoms with Crippen molar-refractivity contribution in [3.05, 3.63) is 11.6 Å². The maximum atomic E-state index is 10.9. The summed E-state index contributed by atoms with van der Waals surface area (Å²) in [7, 11) is 0. The molecule has 0 saturated heterocycles. The van der Waals surface area contributed by atoms with Crippen LogP contribution < -0.4 is 0 Å². The molecule has 0 radical (unpaired) electrons. The van der Waals surface area contributed by atoms with Gasteiger partial charge in [0.25, 0.3) is 0 Å². The summed E-state index contributed by atoms with van der Waals surface area (Å²) in [5.74, 6) is 1.87. The first-order valence-corrected chi connectivity index (χ1v) is 13.8. The molecule has 0 aromatic carbocycles. The quantitative estimate of drug-likeness (QED) is 0.424. The minimum Gasteiger partial charge on any atom is -0.396 e. The highest BCUT2D eigenvalue weighted by atomic mass is 16.3. The van der Waals surface area contributed by atoms with Gasteiger partial charge in [0.05, 0.1) is 6.10 Å². The highest BCUT2D eigenvalue weighted by Crippen LogP contribution is 2.75. The van der Waals surface area contributed by atoms with Crippen LogP contribution >= 0.6 is 0 Å². The normalized spacial score (nSPS) is 53.8. The zero-order chi connectivity index (χ0) is 23.4. The van der Waals surface area contributed by atoms with Gasteiger partial charge < -0.3 is 10.2 Å². The lowest BCUT2D eigenvalue weighted by Crippen LogP contribution is -2.64. The van der Waals surface area contributed by atoms with E-state index in [-0.39, 0.29) is 22.3 Å². The smallest absolute Gasteiger partial charge is 0.0594 e. The number of aliphatic hydroxyl groups is 2. The summed E-state index contributed by atoms with van der Waals surface area (Å²) in [6.45, 7) is 17.8. The van der Waals surface area contributed by atoms with Gasteiger partial charge in [-0.15, -0.1) is 0 Å². The third kappa shape index (κ3) is 2.78. The predicted octanol–water partition coefficient (Wildman–Crippen LogP) is 7.14. The molecule has 2 nitrogen and oxygen atoms in total. The van der Waals surface area contributed by atoms with Crippen LogP contribution in [0.3, 0.4) is 0 Å². The number of aliphatic hydroxyl groups excluding tert-OH is 2.